The van der Waals surface area contributed by atoms with Crippen molar-refractivity contribution in [3.05, 3.63) is 70.5 Å². The molecule has 2 aromatic carbocycles. The number of nitrogens with zero attached hydrogens (tertiary/aromatic N) is 1. The molecule has 2 aromatic rings. The highest BCUT2D eigenvalue weighted by Crippen LogP contribution is 2.28. The van der Waals surface area contributed by atoms with Gasteiger partial charge in [-0.2, -0.15) is 11.8 Å². The molecule has 0 aliphatic carbocycles. The molecule has 2 N–H and O–H groups in total. The van der Waals surface area contributed by atoms with Gasteiger partial charge in [-0.1, -0.05) is 35.9 Å². The second-order valence-electron chi connectivity index (χ2n) is 7.85. The number of aryl methyl sites for hydroxylation is 1. The molecule has 1 amide bonds. The molecule has 162 valence electrons. The first-order valence-electron chi connectivity index (χ1n) is 10.1. The first-order valence-corrected chi connectivity index (χ1v) is 11.4. The lowest BCUT2D eigenvalue weighted by molar-refractivity contribution is -0.0471. The summed E-state index contributed by atoms with van der Waals surface area (Å²) in [5.74, 6) is -0.516. The second-order valence-corrected chi connectivity index (χ2v) is 8.99. The third kappa shape index (κ3) is 6.04. The number of rotatable bonds is 4. The van der Waals surface area contributed by atoms with Crippen LogP contribution in [0.1, 0.15) is 27.0 Å². The number of ether oxygens (including phenoxy) is 1. The molecule has 0 saturated carbocycles. The molecule has 0 radical (unpaired) electrons. The number of carbonyl (C=O) groups is 1. The van der Waals surface area contributed by atoms with Gasteiger partial charge < -0.3 is 4.74 Å². The molecular formula is C23H29FN2O3S. The molecule has 2 aliphatic rings. The van der Waals surface area contributed by atoms with Crippen LogP contribution < -0.4 is 5.48 Å². The van der Waals surface area contributed by atoms with E-state index in [9.17, 15) is 9.18 Å². The minimum absolute atomic E-state index is 0.151. The quantitative estimate of drug-likeness (QED) is 0.570. The largest absolute Gasteiger partial charge is 0.381 e. The number of fused-ring (bicyclic) bond motifs is 1. The van der Waals surface area contributed by atoms with Gasteiger partial charge in [-0.3, -0.25) is 14.9 Å². The van der Waals surface area contributed by atoms with Crippen LogP contribution >= 0.6 is 11.8 Å². The predicted molar refractivity (Wildman–Crippen MR) is 117 cm³/mol. The fourth-order valence-electron chi connectivity index (χ4n) is 3.73. The van der Waals surface area contributed by atoms with Crippen molar-refractivity contribution >= 4 is 17.7 Å². The molecule has 1 fully saturated rings. The number of hydroxylamine groups is 1. The van der Waals surface area contributed by atoms with Gasteiger partial charge in [0.25, 0.3) is 5.91 Å². The lowest BCUT2D eigenvalue weighted by Gasteiger charge is -2.32. The predicted octanol–water partition coefficient (Wildman–Crippen LogP) is 3.68. The average Bonchev–Trinajstić information content (AvgIpc) is 2.90. The number of hydrogen-bond acceptors (Lipinski definition) is 5. The highest BCUT2D eigenvalue weighted by atomic mass is 32.2. The standard InChI is InChI=1S/C16H21FN2O3S.C7H8/c1-23-13-4-14-12(2-11(3-15(14)17)16(20)18-21)6-19(7-13)5-10-8-22-9-10;1-7-5-3-2-4-6-7/h2-3,10,13,21H,4-9H2,1H3,(H,18,20);2-6H,1H3. The Bertz CT molecular complexity index is 846. The van der Waals surface area contributed by atoms with Crippen LogP contribution in [-0.4, -0.2) is 53.8 Å². The molecule has 0 aromatic heterocycles. The summed E-state index contributed by atoms with van der Waals surface area (Å²) in [6.07, 6.45) is 2.70. The van der Waals surface area contributed by atoms with Crippen molar-refractivity contribution in [1.29, 1.82) is 0 Å². The van der Waals surface area contributed by atoms with E-state index in [0.29, 0.717) is 29.7 Å². The Hall–Kier alpha value is -1.93. The maximum Gasteiger partial charge on any atom is 0.274 e. The van der Waals surface area contributed by atoms with Crippen molar-refractivity contribution in [2.75, 3.05) is 32.6 Å². The number of halogens is 1. The van der Waals surface area contributed by atoms with Crippen LogP contribution in [0.25, 0.3) is 0 Å². The van der Waals surface area contributed by atoms with E-state index in [1.54, 1.807) is 23.3 Å². The van der Waals surface area contributed by atoms with E-state index in [-0.39, 0.29) is 11.4 Å². The lowest BCUT2D eigenvalue weighted by atomic mass is 9.99. The third-order valence-corrected chi connectivity index (χ3v) is 6.42. The van der Waals surface area contributed by atoms with Gasteiger partial charge in [0.2, 0.25) is 0 Å². The Labute approximate surface area is 181 Å². The summed E-state index contributed by atoms with van der Waals surface area (Å²) >= 11 is 1.74. The van der Waals surface area contributed by atoms with Gasteiger partial charge in [0.15, 0.2) is 0 Å². The normalized spacial score (nSPS) is 19.0. The number of carbonyl (C=O) groups excluding carboxylic acids is 1. The minimum Gasteiger partial charge on any atom is -0.381 e. The molecule has 7 heteroatoms. The van der Waals surface area contributed by atoms with Gasteiger partial charge in [0.1, 0.15) is 5.82 Å². The van der Waals surface area contributed by atoms with Gasteiger partial charge >= 0.3 is 0 Å². The van der Waals surface area contributed by atoms with Crippen molar-refractivity contribution in [1.82, 2.24) is 10.4 Å². The summed E-state index contributed by atoms with van der Waals surface area (Å²) < 4.78 is 19.7. The Morgan fingerprint density at radius 2 is 2.03 bits per heavy atom. The van der Waals surface area contributed by atoms with Crippen LogP contribution in [0.3, 0.4) is 0 Å². The van der Waals surface area contributed by atoms with E-state index < -0.39 is 5.91 Å². The summed E-state index contributed by atoms with van der Waals surface area (Å²) in [7, 11) is 0. The first-order chi connectivity index (χ1) is 14.5. The molecule has 30 heavy (non-hydrogen) atoms. The van der Waals surface area contributed by atoms with E-state index in [2.05, 4.69) is 24.0 Å². The molecule has 1 saturated heterocycles. The number of thioether (sulfide) groups is 1. The molecule has 0 spiro atoms. The number of benzene rings is 2. The number of amides is 1. The lowest BCUT2D eigenvalue weighted by Crippen LogP contribution is -2.41. The molecule has 2 aliphatic heterocycles. The van der Waals surface area contributed by atoms with Crippen LogP contribution in [0.5, 0.6) is 0 Å². The van der Waals surface area contributed by atoms with Crippen molar-refractivity contribution in [3.8, 4) is 0 Å². The average molecular weight is 433 g/mol. The summed E-state index contributed by atoms with van der Waals surface area (Å²) in [6, 6.07) is 13.2. The van der Waals surface area contributed by atoms with Gasteiger partial charge in [-0.15, -0.1) is 0 Å². The molecule has 5 nitrogen and oxygen atoms in total. The van der Waals surface area contributed by atoms with Crippen molar-refractivity contribution in [2.45, 2.75) is 25.1 Å². The molecule has 0 bridgehead atoms. The van der Waals surface area contributed by atoms with Crippen LogP contribution in [0.2, 0.25) is 0 Å². The smallest absolute Gasteiger partial charge is 0.274 e. The zero-order valence-corrected chi connectivity index (χ0v) is 18.3. The zero-order chi connectivity index (χ0) is 21.5. The molecule has 4 rings (SSSR count). The summed E-state index contributed by atoms with van der Waals surface area (Å²) in [4.78, 5) is 13.9. The third-order valence-electron chi connectivity index (χ3n) is 5.44. The fourth-order valence-corrected chi connectivity index (χ4v) is 4.42. The first kappa shape index (κ1) is 22.7. The molecule has 2 heterocycles. The maximum atomic E-state index is 14.5. The van der Waals surface area contributed by atoms with Gasteiger partial charge in [-0.25, -0.2) is 9.87 Å². The van der Waals surface area contributed by atoms with Gasteiger partial charge in [0.05, 0.1) is 13.2 Å². The van der Waals surface area contributed by atoms with Crippen molar-refractivity contribution in [3.63, 3.8) is 0 Å². The van der Waals surface area contributed by atoms with E-state index in [4.69, 9.17) is 9.94 Å². The summed E-state index contributed by atoms with van der Waals surface area (Å²) in [5.41, 5.74) is 4.57. The van der Waals surface area contributed by atoms with Crippen LogP contribution in [-0.2, 0) is 17.7 Å². The number of nitrogens with one attached hydrogen (secondary N) is 1. The van der Waals surface area contributed by atoms with Gasteiger partial charge in [0, 0.05) is 36.4 Å². The van der Waals surface area contributed by atoms with E-state index >= 15 is 0 Å². The van der Waals surface area contributed by atoms with Crippen LogP contribution in [0.15, 0.2) is 42.5 Å². The van der Waals surface area contributed by atoms with E-state index in [1.807, 2.05) is 24.5 Å². The summed E-state index contributed by atoms with van der Waals surface area (Å²) in [5, 5.41) is 9.10. The van der Waals surface area contributed by atoms with E-state index in [0.717, 1.165) is 31.9 Å². The Morgan fingerprint density at radius 1 is 1.30 bits per heavy atom. The van der Waals surface area contributed by atoms with Crippen molar-refractivity contribution in [2.24, 2.45) is 5.92 Å². The number of hydrogen-bond donors (Lipinski definition) is 2. The Balaban J connectivity index is 0.000000310. The molecular weight excluding hydrogens is 403 g/mol. The van der Waals surface area contributed by atoms with Crippen LogP contribution in [0, 0.1) is 18.7 Å². The minimum atomic E-state index is -0.684. The Kier molecular flexibility index (Phi) is 8.27. The molecule has 1 unspecified atom stereocenters. The van der Waals surface area contributed by atoms with Crippen molar-refractivity contribution < 1.29 is 19.1 Å². The highest BCUT2D eigenvalue weighted by molar-refractivity contribution is 7.99. The topological polar surface area (TPSA) is 61.8 Å². The maximum absolute atomic E-state index is 14.5. The molecule has 1 atom stereocenters. The highest BCUT2D eigenvalue weighted by Gasteiger charge is 2.28. The monoisotopic (exact) mass is 432 g/mol. The van der Waals surface area contributed by atoms with E-state index in [1.165, 1.54) is 11.6 Å². The fraction of sp³-hybridized carbons (Fsp3) is 0.435. The SMILES string of the molecule is CSC1Cc2c(F)cc(C(=O)NO)cc2CN(CC2COC2)C1.Cc1ccccc1. The zero-order valence-electron chi connectivity index (χ0n) is 17.4. The Morgan fingerprint density at radius 3 is 2.57 bits per heavy atom. The van der Waals surface area contributed by atoms with Crippen LogP contribution in [0.4, 0.5) is 4.39 Å². The summed E-state index contributed by atoms with van der Waals surface area (Å²) in [6.45, 7) is 6.09. The van der Waals surface area contributed by atoms with Gasteiger partial charge in [-0.05, 0) is 42.9 Å². The second kappa shape index (κ2) is 10.9.